The van der Waals surface area contributed by atoms with Crippen molar-refractivity contribution in [1.82, 2.24) is 4.90 Å². The van der Waals surface area contributed by atoms with Crippen LogP contribution in [0.1, 0.15) is 40.5 Å². The second-order valence-corrected chi connectivity index (χ2v) is 6.87. The zero-order chi connectivity index (χ0) is 17.5. The van der Waals surface area contributed by atoms with Gasteiger partial charge in [-0.15, -0.1) is 0 Å². The number of carbonyl (C=O) groups is 2. The molecule has 0 aliphatic carbocycles. The molecular formula is C17H29NO5. The van der Waals surface area contributed by atoms with E-state index >= 15 is 0 Å². The monoisotopic (exact) mass is 327 g/mol. The van der Waals surface area contributed by atoms with Crippen molar-refractivity contribution in [2.75, 3.05) is 33.5 Å². The van der Waals surface area contributed by atoms with E-state index in [4.69, 9.17) is 14.2 Å². The first-order valence-electron chi connectivity index (χ1n) is 7.97. The van der Waals surface area contributed by atoms with E-state index in [0.29, 0.717) is 32.8 Å². The second kappa shape index (κ2) is 8.57. The smallest absolute Gasteiger partial charge is 0.253 e. The van der Waals surface area contributed by atoms with Crippen LogP contribution in [0.15, 0.2) is 12.2 Å². The van der Waals surface area contributed by atoms with Gasteiger partial charge in [-0.05, 0) is 40.5 Å². The van der Waals surface area contributed by atoms with Crippen LogP contribution in [-0.2, 0) is 23.8 Å². The minimum Gasteiger partial charge on any atom is -0.382 e. The average molecular weight is 327 g/mol. The van der Waals surface area contributed by atoms with Gasteiger partial charge in [0.2, 0.25) is 0 Å². The van der Waals surface area contributed by atoms with Crippen molar-refractivity contribution in [3.8, 4) is 0 Å². The molecule has 0 aromatic rings. The summed E-state index contributed by atoms with van der Waals surface area (Å²) in [6.45, 7) is 10.0. The molecule has 1 heterocycles. The lowest BCUT2D eigenvalue weighted by molar-refractivity contribution is -0.137. The first-order chi connectivity index (χ1) is 10.7. The fourth-order valence-corrected chi connectivity index (χ4v) is 2.15. The molecule has 0 saturated heterocycles. The summed E-state index contributed by atoms with van der Waals surface area (Å²) in [5.41, 5.74) is -0.689. The van der Waals surface area contributed by atoms with Crippen LogP contribution in [0, 0.1) is 0 Å². The maximum Gasteiger partial charge on any atom is 0.253 e. The molecule has 0 aromatic heterocycles. The summed E-state index contributed by atoms with van der Waals surface area (Å²) in [5, 5.41) is 0. The molecule has 2 amide bonds. The molecule has 0 fully saturated rings. The lowest BCUT2D eigenvalue weighted by atomic mass is 10.0. The van der Waals surface area contributed by atoms with Crippen LogP contribution in [0.5, 0.6) is 0 Å². The number of hydrogen-bond acceptors (Lipinski definition) is 5. The molecule has 1 aliphatic rings. The predicted octanol–water partition coefficient (Wildman–Crippen LogP) is 1.93. The van der Waals surface area contributed by atoms with E-state index in [-0.39, 0.29) is 17.4 Å². The maximum absolute atomic E-state index is 11.5. The largest absolute Gasteiger partial charge is 0.382 e. The van der Waals surface area contributed by atoms with Gasteiger partial charge in [0.05, 0.1) is 31.0 Å². The molecule has 0 saturated carbocycles. The van der Waals surface area contributed by atoms with E-state index in [1.807, 2.05) is 27.7 Å². The van der Waals surface area contributed by atoms with Crippen LogP contribution in [0.2, 0.25) is 0 Å². The van der Waals surface area contributed by atoms with Gasteiger partial charge < -0.3 is 14.2 Å². The van der Waals surface area contributed by atoms with Crippen molar-refractivity contribution in [1.29, 1.82) is 0 Å². The molecule has 0 bridgehead atoms. The number of nitrogens with zero attached hydrogens (tertiary/aromatic N) is 1. The number of ether oxygens (including phenoxy) is 3. The van der Waals surface area contributed by atoms with Crippen LogP contribution in [0.4, 0.5) is 0 Å². The van der Waals surface area contributed by atoms with Crippen LogP contribution in [0.3, 0.4) is 0 Å². The third-order valence-electron chi connectivity index (χ3n) is 3.82. The van der Waals surface area contributed by atoms with Gasteiger partial charge in [-0.25, -0.2) is 0 Å². The van der Waals surface area contributed by atoms with E-state index in [0.717, 1.165) is 6.42 Å². The van der Waals surface area contributed by atoms with Gasteiger partial charge in [0.15, 0.2) is 0 Å². The van der Waals surface area contributed by atoms with Crippen molar-refractivity contribution in [2.45, 2.75) is 51.7 Å². The lowest BCUT2D eigenvalue weighted by Crippen LogP contribution is -2.37. The quantitative estimate of drug-likeness (QED) is 0.428. The summed E-state index contributed by atoms with van der Waals surface area (Å²) in [6.07, 6.45) is 3.95. The molecule has 23 heavy (non-hydrogen) atoms. The van der Waals surface area contributed by atoms with Gasteiger partial charge in [0.25, 0.3) is 11.8 Å². The molecule has 0 aromatic carbocycles. The Balaban J connectivity index is 2.29. The number of hydrogen-bond donors (Lipinski definition) is 0. The summed E-state index contributed by atoms with van der Waals surface area (Å²) in [4.78, 5) is 24.3. The Morgan fingerprint density at radius 3 is 1.96 bits per heavy atom. The van der Waals surface area contributed by atoms with Gasteiger partial charge in [-0.3, -0.25) is 14.5 Å². The summed E-state index contributed by atoms with van der Waals surface area (Å²) in [5.74, 6) is -0.503. The first-order valence-corrected chi connectivity index (χ1v) is 7.97. The van der Waals surface area contributed by atoms with Gasteiger partial charge in [0, 0.05) is 25.8 Å². The summed E-state index contributed by atoms with van der Waals surface area (Å²) < 4.78 is 16.6. The normalized spacial score (nSPS) is 15.8. The molecule has 0 N–H and O–H groups in total. The van der Waals surface area contributed by atoms with E-state index in [1.54, 1.807) is 7.11 Å². The minimum absolute atomic E-state index is 0.251. The van der Waals surface area contributed by atoms with Gasteiger partial charge in [0.1, 0.15) is 0 Å². The molecule has 0 unspecified atom stereocenters. The summed E-state index contributed by atoms with van der Waals surface area (Å²) >= 11 is 0. The standard InChI is InChI=1S/C17H29NO5/c1-16(2,8-10-18-14(19)6-7-15(18)20)22-11-9-17(3,4)23-13-12-21-5/h6-7H,8-13H2,1-5H3. The third-order valence-corrected chi connectivity index (χ3v) is 3.82. The Bertz CT molecular complexity index is 424. The number of rotatable bonds is 11. The zero-order valence-electron chi connectivity index (χ0n) is 14.9. The van der Waals surface area contributed by atoms with Gasteiger partial charge in [-0.2, -0.15) is 0 Å². The fraction of sp³-hybridized carbons (Fsp3) is 0.765. The van der Waals surface area contributed by atoms with Crippen molar-refractivity contribution < 1.29 is 23.8 Å². The number of carbonyl (C=O) groups excluding carboxylic acids is 2. The van der Waals surface area contributed by atoms with Crippen LogP contribution in [0.25, 0.3) is 0 Å². The highest BCUT2D eigenvalue weighted by Crippen LogP contribution is 2.20. The number of imide groups is 1. The van der Waals surface area contributed by atoms with Gasteiger partial charge >= 0.3 is 0 Å². The molecule has 6 nitrogen and oxygen atoms in total. The van der Waals surface area contributed by atoms with Crippen molar-refractivity contribution in [3.63, 3.8) is 0 Å². The van der Waals surface area contributed by atoms with Crippen molar-refractivity contribution in [2.24, 2.45) is 0 Å². The second-order valence-electron chi connectivity index (χ2n) is 6.87. The van der Waals surface area contributed by atoms with E-state index in [9.17, 15) is 9.59 Å². The molecule has 1 rings (SSSR count). The number of methoxy groups -OCH3 is 1. The maximum atomic E-state index is 11.5. The third kappa shape index (κ3) is 7.24. The average Bonchev–Trinajstić information content (AvgIpc) is 2.75. The van der Waals surface area contributed by atoms with E-state index in [2.05, 4.69) is 0 Å². The Kier molecular flexibility index (Phi) is 7.38. The van der Waals surface area contributed by atoms with E-state index in [1.165, 1.54) is 17.1 Å². The highest BCUT2D eigenvalue weighted by molar-refractivity contribution is 6.12. The van der Waals surface area contributed by atoms with Crippen molar-refractivity contribution in [3.05, 3.63) is 12.2 Å². The fourth-order valence-electron chi connectivity index (χ4n) is 2.15. The van der Waals surface area contributed by atoms with Crippen LogP contribution >= 0.6 is 0 Å². The summed E-state index contributed by atoms with van der Waals surface area (Å²) in [6, 6.07) is 0. The van der Waals surface area contributed by atoms with E-state index < -0.39 is 5.60 Å². The topological polar surface area (TPSA) is 65.1 Å². The molecule has 0 atom stereocenters. The minimum atomic E-state index is -0.411. The van der Waals surface area contributed by atoms with Crippen molar-refractivity contribution >= 4 is 11.8 Å². The zero-order valence-corrected chi connectivity index (χ0v) is 14.9. The Morgan fingerprint density at radius 2 is 1.39 bits per heavy atom. The number of amides is 2. The molecule has 1 aliphatic heterocycles. The Hall–Kier alpha value is -1.24. The Labute approximate surface area is 138 Å². The van der Waals surface area contributed by atoms with Gasteiger partial charge in [-0.1, -0.05) is 0 Å². The Morgan fingerprint density at radius 1 is 0.870 bits per heavy atom. The van der Waals surface area contributed by atoms with Crippen LogP contribution < -0.4 is 0 Å². The molecule has 0 spiro atoms. The molecule has 0 radical (unpaired) electrons. The SMILES string of the molecule is COCCOC(C)(C)CCOC(C)(C)CCN1C(=O)C=CC1=O. The highest BCUT2D eigenvalue weighted by atomic mass is 16.5. The molecule has 6 heteroatoms. The molecular weight excluding hydrogens is 298 g/mol. The van der Waals surface area contributed by atoms with Crippen LogP contribution in [-0.4, -0.2) is 61.4 Å². The lowest BCUT2D eigenvalue weighted by Gasteiger charge is -2.30. The summed E-state index contributed by atoms with van der Waals surface area (Å²) in [7, 11) is 1.65. The predicted molar refractivity (Wildman–Crippen MR) is 87.0 cm³/mol. The molecule has 132 valence electrons. The first kappa shape index (κ1) is 19.8. The highest BCUT2D eigenvalue weighted by Gasteiger charge is 2.27.